The fourth-order valence-electron chi connectivity index (χ4n) is 9.76. The molecule has 0 amide bonds. The van der Waals surface area contributed by atoms with E-state index in [2.05, 4.69) is 328 Å². The molecular formula is C67H56BBr2IN2O2. The highest BCUT2D eigenvalue weighted by atomic mass is 127. The SMILES string of the molecule is Brc1ccc(-c2ccc(-c3ccc4c(c3)c3ccccc3n4-c3ccccc3)cc2)cc1.Brc1ccc(-c2ccc(I)cc2)cc1.C.CC1(C)OB(c2ccc3c(c2)c2ccccc2n3-c2ccccc2)OC1(C)C. The standard InChI is InChI=1S/C30H20BrN.C24H24BNO2.C12H8BrI.CH4/c31-25-17-14-22(15-18-25)21-10-12-23(13-11-21)24-16-19-30-28(20-24)27-8-4-5-9-29(27)32(30)26-6-2-1-3-7-26;1-23(2)24(3,4)28-25(27-23)17-14-15-22-20(16-17)19-12-8-9-13-21(19)26(22)18-10-6-5-7-11-18;13-11-5-1-9(2-6-11)10-3-7-12(14)8-4-10;/h1-20H;5-16H,1-4H3;1-8H;1H4. The van der Waals surface area contributed by atoms with Gasteiger partial charge >= 0.3 is 7.12 Å². The number of nitrogens with zero attached hydrogens (tertiary/aromatic N) is 2. The second kappa shape index (κ2) is 22.0. The molecule has 0 N–H and O–H groups in total. The number of halogens is 3. The Morgan fingerprint density at radius 1 is 0.360 bits per heavy atom. The van der Waals surface area contributed by atoms with Crippen LogP contribution < -0.4 is 5.46 Å². The lowest BCUT2D eigenvalue weighted by Gasteiger charge is -2.32. The summed E-state index contributed by atoms with van der Waals surface area (Å²) in [7, 11) is -0.353. The Kier molecular flexibility index (Phi) is 15.2. The van der Waals surface area contributed by atoms with E-state index in [1.807, 2.05) is 6.07 Å². The average Bonchev–Trinajstić information content (AvgIpc) is 4.02. The molecule has 3 heterocycles. The molecule has 12 aromatic rings. The molecule has 13 rings (SSSR count). The van der Waals surface area contributed by atoms with E-state index in [1.54, 1.807) is 0 Å². The summed E-state index contributed by atoms with van der Waals surface area (Å²) in [6.45, 7) is 8.36. The molecule has 1 fully saturated rings. The first-order chi connectivity index (χ1) is 35.9. The van der Waals surface area contributed by atoms with Crippen molar-refractivity contribution in [3.05, 3.63) is 255 Å². The van der Waals surface area contributed by atoms with Gasteiger partial charge in [0.25, 0.3) is 0 Å². The third-order valence-corrected chi connectivity index (χ3v) is 16.1. The summed E-state index contributed by atoms with van der Waals surface area (Å²) in [6, 6.07) is 85.8. The van der Waals surface area contributed by atoms with Crippen molar-refractivity contribution < 1.29 is 9.31 Å². The normalized spacial score (nSPS) is 13.5. The molecule has 0 radical (unpaired) electrons. The number of hydrogen-bond acceptors (Lipinski definition) is 2. The second-order valence-electron chi connectivity index (χ2n) is 19.6. The zero-order valence-corrected chi connectivity index (χ0v) is 46.8. The smallest absolute Gasteiger partial charge is 0.399 e. The van der Waals surface area contributed by atoms with Crippen LogP contribution in [0.25, 0.3) is 88.4 Å². The van der Waals surface area contributed by atoms with Crippen molar-refractivity contribution in [3.63, 3.8) is 0 Å². The van der Waals surface area contributed by atoms with Crippen LogP contribution in [0.2, 0.25) is 0 Å². The predicted molar refractivity (Wildman–Crippen MR) is 335 cm³/mol. The molecule has 1 aliphatic heterocycles. The van der Waals surface area contributed by atoms with Gasteiger partial charge in [0.15, 0.2) is 0 Å². The van der Waals surface area contributed by atoms with Crippen molar-refractivity contribution in [1.82, 2.24) is 9.13 Å². The van der Waals surface area contributed by atoms with E-state index >= 15 is 0 Å². The van der Waals surface area contributed by atoms with Crippen LogP contribution in [0.15, 0.2) is 252 Å². The topological polar surface area (TPSA) is 28.3 Å². The minimum absolute atomic E-state index is 0. The van der Waals surface area contributed by atoms with E-state index < -0.39 is 0 Å². The lowest BCUT2D eigenvalue weighted by molar-refractivity contribution is 0.00578. The largest absolute Gasteiger partial charge is 0.494 e. The maximum atomic E-state index is 6.27. The van der Waals surface area contributed by atoms with Gasteiger partial charge in [-0.3, -0.25) is 0 Å². The summed E-state index contributed by atoms with van der Waals surface area (Å²) in [5.74, 6) is 0. The van der Waals surface area contributed by atoms with Crippen LogP contribution in [-0.4, -0.2) is 27.5 Å². The Morgan fingerprint density at radius 2 is 0.693 bits per heavy atom. The highest BCUT2D eigenvalue weighted by Crippen LogP contribution is 2.39. The van der Waals surface area contributed by atoms with Gasteiger partial charge in [-0.25, -0.2) is 0 Å². The van der Waals surface area contributed by atoms with E-state index in [1.165, 1.54) is 86.2 Å². The molecule has 0 spiro atoms. The molecule has 2 aromatic heterocycles. The Bertz CT molecular complexity index is 3850. The predicted octanol–water partition coefficient (Wildman–Crippen LogP) is 19.3. The van der Waals surface area contributed by atoms with Gasteiger partial charge in [0.05, 0.1) is 33.3 Å². The van der Waals surface area contributed by atoms with Crippen molar-refractivity contribution in [2.45, 2.75) is 46.3 Å². The molecule has 10 aromatic carbocycles. The number of fused-ring (bicyclic) bond motifs is 6. The number of rotatable bonds is 6. The minimum Gasteiger partial charge on any atom is -0.399 e. The highest BCUT2D eigenvalue weighted by molar-refractivity contribution is 14.1. The van der Waals surface area contributed by atoms with Crippen molar-refractivity contribution in [2.24, 2.45) is 0 Å². The molecule has 0 aliphatic carbocycles. The first-order valence-electron chi connectivity index (χ1n) is 24.8. The third-order valence-electron chi connectivity index (χ3n) is 14.3. The summed E-state index contributed by atoms with van der Waals surface area (Å²) in [5, 5.41) is 5.00. The Labute approximate surface area is 471 Å². The Hall–Kier alpha value is -6.53. The molecule has 0 atom stereocenters. The van der Waals surface area contributed by atoms with Gasteiger partial charge in [-0.1, -0.05) is 191 Å². The van der Waals surface area contributed by atoms with Crippen molar-refractivity contribution in [2.75, 3.05) is 0 Å². The molecule has 75 heavy (non-hydrogen) atoms. The van der Waals surface area contributed by atoms with Crippen molar-refractivity contribution in [1.29, 1.82) is 0 Å². The summed E-state index contributed by atoms with van der Waals surface area (Å²) in [5.41, 5.74) is 15.0. The zero-order valence-electron chi connectivity index (χ0n) is 41.5. The Morgan fingerprint density at radius 3 is 1.15 bits per heavy atom. The van der Waals surface area contributed by atoms with Gasteiger partial charge in [-0.15, -0.1) is 0 Å². The molecule has 0 saturated carbocycles. The van der Waals surface area contributed by atoms with Crippen LogP contribution in [0.3, 0.4) is 0 Å². The van der Waals surface area contributed by atoms with Gasteiger partial charge in [0.2, 0.25) is 0 Å². The van der Waals surface area contributed by atoms with Gasteiger partial charge in [-0.2, -0.15) is 0 Å². The number of aromatic nitrogens is 2. The molecule has 8 heteroatoms. The average molecular weight is 1220 g/mol. The van der Waals surface area contributed by atoms with E-state index in [4.69, 9.17) is 9.31 Å². The summed E-state index contributed by atoms with van der Waals surface area (Å²) in [4.78, 5) is 0. The first-order valence-corrected chi connectivity index (χ1v) is 27.5. The summed E-state index contributed by atoms with van der Waals surface area (Å²) >= 11 is 9.25. The quantitative estimate of drug-likeness (QED) is 0.123. The zero-order chi connectivity index (χ0) is 51.0. The summed E-state index contributed by atoms with van der Waals surface area (Å²) in [6.07, 6.45) is 0. The fourth-order valence-corrected chi connectivity index (χ4v) is 10.6. The molecule has 0 unspecified atom stereocenters. The van der Waals surface area contributed by atoms with Crippen LogP contribution in [0.4, 0.5) is 0 Å². The van der Waals surface area contributed by atoms with E-state index in [0.717, 1.165) is 20.1 Å². The summed E-state index contributed by atoms with van der Waals surface area (Å²) < 4.78 is 20.7. The Balaban J connectivity index is 0.000000136. The van der Waals surface area contributed by atoms with Gasteiger partial charge in [0, 0.05) is 45.4 Å². The van der Waals surface area contributed by atoms with E-state index in [-0.39, 0.29) is 25.7 Å². The maximum absolute atomic E-state index is 6.27. The van der Waals surface area contributed by atoms with Crippen LogP contribution in [0.1, 0.15) is 35.1 Å². The van der Waals surface area contributed by atoms with Crippen molar-refractivity contribution >= 4 is 111 Å². The monoisotopic (exact) mass is 1220 g/mol. The molecule has 0 bridgehead atoms. The van der Waals surface area contributed by atoms with Crippen LogP contribution in [0.5, 0.6) is 0 Å². The maximum Gasteiger partial charge on any atom is 0.494 e. The van der Waals surface area contributed by atoms with Gasteiger partial charge in [-0.05, 0) is 180 Å². The number of para-hydroxylation sites is 4. The van der Waals surface area contributed by atoms with E-state index in [9.17, 15) is 0 Å². The second-order valence-corrected chi connectivity index (χ2v) is 22.6. The number of benzene rings is 10. The van der Waals surface area contributed by atoms with Crippen molar-refractivity contribution in [3.8, 4) is 44.8 Å². The lowest BCUT2D eigenvalue weighted by Crippen LogP contribution is -2.41. The van der Waals surface area contributed by atoms with Crippen LogP contribution in [0, 0.1) is 3.57 Å². The molecule has 370 valence electrons. The third kappa shape index (κ3) is 10.7. The van der Waals surface area contributed by atoms with Crippen LogP contribution >= 0.6 is 54.5 Å². The molecular weight excluding hydrogens is 1160 g/mol. The minimum atomic E-state index is -0.353. The molecule has 4 nitrogen and oxygen atoms in total. The molecule has 1 aliphatic rings. The first kappa shape index (κ1) is 51.9. The van der Waals surface area contributed by atoms with Crippen LogP contribution in [-0.2, 0) is 9.31 Å². The molecule has 1 saturated heterocycles. The number of hydrogen-bond donors (Lipinski definition) is 0. The highest BCUT2D eigenvalue weighted by Gasteiger charge is 2.51. The van der Waals surface area contributed by atoms with E-state index in [0.29, 0.717) is 0 Å². The lowest BCUT2D eigenvalue weighted by atomic mass is 9.78. The fraction of sp³-hybridized carbons (Fsp3) is 0.104. The van der Waals surface area contributed by atoms with Gasteiger partial charge in [0.1, 0.15) is 0 Å². The van der Waals surface area contributed by atoms with Gasteiger partial charge < -0.3 is 18.4 Å².